The van der Waals surface area contributed by atoms with Crippen molar-refractivity contribution in [3.8, 4) is 17.2 Å². The quantitative estimate of drug-likeness (QED) is 0.0380. The molecule has 0 fully saturated rings. The van der Waals surface area contributed by atoms with E-state index in [1.165, 1.54) is 108 Å². The van der Waals surface area contributed by atoms with E-state index in [9.17, 15) is 64.8 Å². The number of thiophene rings is 3. The molecule has 0 bridgehead atoms. The first-order valence-electron chi connectivity index (χ1n) is 27.5. The van der Waals surface area contributed by atoms with Gasteiger partial charge in [0.1, 0.15) is 32.3 Å². The molecule has 6 aromatic carbocycles. The zero-order valence-corrected chi connectivity index (χ0v) is 58.0. The molecule has 0 aliphatic rings. The van der Waals surface area contributed by atoms with Crippen LogP contribution in [-0.4, -0.2) is 96.8 Å². The molecule has 0 amide bonds. The first-order valence-corrected chi connectivity index (χ1v) is 37.8. The smallest absolute Gasteiger partial charge is 0.406 e. The van der Waals surface area contributed by atoms with Gasteiger partial charge in [0.05, 0.1) is 46.9 Å². The Hall–Kier alpha value is -5.28. The Morgan fingerprint density at radius 2 is 0.772 bits per heavy atom. The second-order valence-corrected chi connectivity index (χ2v) is 31.3. The van der Waals surface area contributed by atoms with Crippen molar-refractivity contribution in [1.82, 2.24) is 4.90 Å². The fourth-order valence-corrected chi connectivity index (χ4v) is 20.3. The summed E-state index contributed by atoms with van der Waals surface area (Å²) < 4.78 is 208. The molecule has 0 radical (unpaired) electrons. The van der Waals surface area contributed by atoms with Crippen LogP contribution in [0.5, 0.6) is 17.2 Å². The molecule has 9 rings (SSSR count). The lowest BCUT2D eigenvalue weighted by Crippen LogP contribution is -2.38. The summed E-state index contributed by atoms with van der Waals surface area (Å²) in [6.45, 7) is 5.94. The summed E-state index contributed by atoms with van der Waals surface area (Å²) in [4.78, 5) is 2.12. The highest BCUT2D eigenvalue weighted by atomic mass is 79.9. The van der Waals surface area contributed by atoms with Crippen molar-refractivity contribution in [3.05, 3.63) is 178 Å². The normalized spacial score (nSPS) is 12.3. The highest BCUT2D eigenvalue weighted by Gasteiger charge is 2.35. The van der Waals surface area contributed by atoms with Crippen molar-refractivity contribution in [2.75, 3.05) is 60.5 Å². The van der Waals surface area contributed by atoms with Gasteiger partial charge in [-0.2, -0.15) is 0 Å². The lowest BCUT2D eigenvalue weighted by atomic mass is 10.2. The van der Waals surface area contributed by atoms with E-state index in [0.29, 0.717) is 48.3 Å². The molecule has 0 aliphatic heterocycles. The number of anilines is 3. The molecule has 3 aromatic heterocycles. The maximum Gasteiger partial charge on any atom is 0.573 e. The van der Waals surface area contributed by atoms with Gasteiger partial charge in [-0.25, -0.2) is 25.3 Å². The molecule has 92 heavy (non-hydrogen) atoms. The van der Waals surface area contributed by atoms with Gasteiger partial charge in [0.15, 0.2) is 0 Å². The van der Waals surface area contributed by atoms with Gasteiger partial charge in [-0.1, -0.05) is 160 Å². The van der Waals surface area contributed by atoms with Crippen molar-refractivity contribution in [3.63, 3.8) is 0 Å². The number of hydrogen-bond donors (Lipinski definition) is 0. The molecule has 0 atom stereocenters. The van der Waals surface area contributed by atoms with Crippen molar-refractivity contribution >= 4 is 164 Å². The van der Waals surface area contributed by atoms with Gasteiger partial charge in [0.25, 0.3) is 0 Å². The number of alkyl halides is 11. The van der Waals surface area contributed by atoms with Gasteiger partial charge in [0, 0.05) is 42.1 Å². The second kappa shape index (κ2) is 32.4. The van der Waals surface area contributed by atoms with Gasteiger partial charge < -0.3 is 19.1 Å². The summed E-state index contributed by atoms with van der Waals surface area (Å²) in [6, 6.07) is 39.4. The summed E-state index contributed by atoms with van der Waals surface area (Å²) >= 11 is 23.3. The average molecular weight is 1570 g/mol. The Labute approximate surface area is 565 Å². The van der Waals surface area contributed by atoms with Crippen LogP contribution in [0.4, 0.5) is 54.5 Å². The molecular weight excluding hydrogens is 1510 g/mol. The number of ether oxygens (including phenoxy) is 3. The minimum Gasteiger partial charge on any atom is -0.406 e. The summed E-state index contributed by atoms with van der Waals surface area (Å²) in [5.74, 6) is -1.47. The third-order valence-corrected chi connectivity index (χ3v) is 24.8. The van der Waals surface area contributed by atoms with Crippen molar-refractivity contribution in [1.29, 1.82) is 0 Å². The number of halogens is 13. The number of rotatable bonds is 26. The molecule has 0 unspecified atom stereocenters. The largest absolute Gasteiger partial charge is 0.573 e. The molecule has 0 aliphatic carbocycles. The van der Waals surface area contributed by atoms with Crippen LogP contribution in [0.3, 0.4) is 0 Å². The number of hydrogen-bond acceptors (Lipinski definition) is 13. The third kappa shape index (κ3) is 21.4. The summed E-state index contributed by atoms with van der Waals surface area (Å²) in [5, 5.41) is 4.88. The molecule has 0 saturated carbocycles. The standard InChI is InChI=1S/C24H28ClF3N2O3S2.C18H14BrClF3NO3S2.C18H15BrF3NO3S2/c1-3-13-29(14-4-2)15-16-35(31,32)30(23-22(25)20-7-5-6-8-21(20)34-23)17-18-9-11-19(12-10-18)33-24(26,27)28;19-9-10-29(25,26)24(17-16(20)14-3-1-2-4-15(14)28-17)11-12-5-7-13(8-6-12)27-18(21,22)23;19-9-10-28(24,25)23(17-11-14-3-1-2-4-16(14)27-17)12-13-5-7-15(8-6-13)26-18(20,21)22/h5-12H,3-4,13-17H2,1-2H3;1-8H,9-11H2;1-8,11H,9-10,12H2. The maximum absolute atomic E-state index is 13.6. The predicted octanol–water partition coefficient (Wildman–Crippen LogP) is 18.6. The number of fused-ring (bicyclic) bond motifs is 3. The van der Waals surface area contributed by atoms with Crippen molar-refractivity contribution < 1.29 is 79.0 Å². The first kappa shape index (κ1) is 74.1. The Balaban J connectivity index is 0.000000197. The molecule has 32 heteroatoms. The Bertz CT molecular complexity index is 4190. The lowest BCUT2D eigenvalue weighted by molar-refractivity contribution is -0.275. The van der Waals surface area contributed by atoms with E-state index in [-0.39, 0.29) is 64.8 Å². The van der Waals surface area contributed by atoms with E-state index >= 15 is 0 Å². The zero-order chi connectivity index (χ0) is 67.2. The highest BCUT2D eigenvalue weighted by molar-refractivity contribution is 9.09. The van der Waals surface area contributed by atoms with Crippen LogP contribution in [0, 0.1) is 0 Å². The van der Waals surface area contributed by atoms with E-state index in [2.05, 4.69) is 51.0 Å². The Kier molecular flexibility index (Phi) is 26.1. The minimum atomic E-state index is -4.80. The van der Waals surface area contributed by atoms with Gasteiger partial charge in [0.2, 0.25) is 30.1 Å². The molecule has 3 heterocycles. The highest BCUT2D eigenvalue weighted by Crippen LogP contribution is 2.45. The van der Waals surface area contributed by atoms with Crippen LogP contribution in [-0.2, 0) is 49.7 Å². The third-order valence-electron chi connectivity index (χ3n) is 13.0. The fraction of sp³-hybridized carbons (Fsp3) is 0.300. The van der Waals surface area contributed by atoms with Gasteiger partial charge in [-0.05, 0) is 109 Å². The summed E-state index contributed by atoms with van der Waals surface area (Å²) in [5.41, 5.74) is 1.55. The van der Waals surface area contributed by atoms with Gasteiger partial charge >= 0.3 is 19.1 Å². The van der Waals surface area contributed by atoms with Crippen LogP contribution in [0.15, 0.2) is 152 Å². The maximum atomic E-state index is 13.6. The molecule has 498 valence electrons. The van der Waals surface area contributed by atoms with Crippen molar-refractivity contribution in [2.45, 2.75) is 65.4 Å². The van der Waals surface area contributed by atoms with Crippen LogP contribution in [0.2, 0.25) is 10.0 Å². The molecule has 9 aromatic rings. The second-order valence-electron chi connectivity index (χ2n) is 19.8. The van der Waals surface area contributed by atoms with E-state index in [0.717, 1.165) is 68.3 Å². The van der Waals surface area contributed by atoms with Crippen molar-refractivity contribution in [2.24, 2.45) is 0 Å². The number of sulfonamides is 3. The number of benzene rings is 6. The molecule has 0 N–H and O–H groups in total. The molecular formula is C60H57Br2Cl2F9N4O9S6. The van der Waals surface area contributed by atoms with Crippen LogP contribution in [0.25, 0.3) is 30.3 Å². The predicted molar refractivity (Wildman–Crippen MR) is 359 cm³/mol. The fourth-order valence-electron chi connectivity index (χ4n) is 8.95. The molecule has 0 spiro atoms. The van der Waals surface area contributed by atoms with E-state index in [1.807, 2.05) is 74.5 Å². The Morgan fingerprint density at radius 1 is 0.435 bits per heavy atom. The SMILES string of the molecule is CCCN(CCC)CCS(=O)(=O)N(Cc1ccc(OC(F)(F)F)cc1)c1sc2ccccc2c1Cl.O=S(=O)(CCBr)N(Cc1ccc(OC(F)(F)F)cc1)c1cc2ccccc2s1.O=S(=O)(CCBr)N(Cc1ccc(OC(F)(F)F)cc1)c1sc2ccccc2c1Cl. The monoisotopic (exact) mass is 1570 g/mol. The topological polar surface area (TPSA) is 143 Å². The van der Waals surface area contributed by atoms with Gasteiger partial charge in [-0.15, -0.1) is 73.5 Å². The lowest BCUT2D eigenvalue weighted by Gasteiger charge is -2.26. The summed E-state index contributed by atoms with van der Waals surface area (Å²) in [7, 11) is -11.2. The first-order chi connectivity index (χ1) is 43.3. The average Bonchev–Trinajstić information content (AvgIpc) is 1.62. The number of nitrogens with zero attached hydrogens (tertiary/aromatic N) is 4. The van der Waals surface area contributed by atoms with E-state index in [1.54, 1.807) is 18.2 Å². The Morgan fingerprint density at radius 3 is 1.12 bits per heavy atom. The molecule has 0 saturated heterocycles. The van der Waals surface area contributed by atoms with Crippen LogP contribution in [0.1, 0.15) is 43.4 Å². The zero-order valence-electron chi connectivity index (χ0n) is 48.5. The van der Waals surface area contributed by atoms with Crippen LogP contribution >= 0.6 is 89.1 Å². The summed E-state index contributed by atoms with van der Waals surface area (Å²) in [6.07, 6.45) is -12.5. The van der Waals surface area contributed by atoms with E-state index in [4.69, 9.17) is 23.2 Å². The van der Waals surface area contributed by atoms with Crippen LogP contribution < -0.4 is 27.1 Å². The van der Waals surface area contributed by atoms with Gasteiger partial charge in [-0.3, -0.25) is 12.9 Å². The van der Waals surface area contributed by atoms with E-state index < -0.39 is 49.2 Å². The minimum absolute atomic E-state index is 0.00839. The molecule has 13 nitrogen and oxygen atoms in total.